The minimum absolute atomic E-state index is 0.210. The average molecular weight is 401 g/mol. The molecule has 0 spiro atoms. The van der Waals surface area contributed by atoms with Crippen LogP contribution in [0.2, 0.25) is 5.02 Å². The summed E-state index contributed by atoms with van der Waals surface area (Å²) in [4.78, 5) is 25.7. The first kappa shape index (κ1) is 20.6. The number of rotatable bonds is 5. The Morgan fingerprint density at radius 3 is 2.30 bits per heavy atom. The highest BCUT2D eigenvalue weighted by Gasteiger charge is 2.34. The number of carbonyl (C=O) groups excluding carboxylic acids is 2. The molecular formula is C18H16ClF3N2O3. The van der Waals surface area contributed by atoms with Crippen molar-refractivity contribution in [2.24, 2.45) is 0 Å². The number of hydrogen-bond acceptors (Lipinski definition) is 4. The normalized spacial score (nSPS) is 11.0. The topological polar surface area (TPSA) is 58.6 Å². The van der Waals surface area contributed by atoms with E-state index in [1.54, 1.807) is 12.1 Å². The molecule has 0 saturated heterocycles. The molecule has 0 fully saturated rings. The number of esters is 1. The molecule has 0 atom stereocenters. The van der Waals surface area contributed by atoms with E-state index in [-0.39, 0.29) is 10.6 Å². The maximum absolute atomic E-state index is 13.0. The number of para-hydroxylation sites is 1. The van der Waals surface area contributed by atoms with Gasteiger partial charge in [-0.25, -0.2) is 4.79 Å². The van der Waals surface area contributed by atoms with Gasteiger partial charge >= 0.3 is 12.1 Å². The molecule has 0 saturated carbocycles. The van der Waals surface area contributed by atoms with Crippen molar-refractivity contribution in [2.75, 3.05) is 30.9 Å². The first-order chi connectivity index (χ1) is 12.6. The molecule has 27 heavy (non-hydrogen) atoms. The van der Waals surface area contributed by atoms with E-state index in [1.807, 2.05) is 24.3 Å². The van der Waals surface area contributed by atoms with Gasteiger partial charge in [0.05, 0.1) is 21.8 Å². The molecule has 2 aromatic carbocycles. The number of carbonyl (C=O) groups is 2. The fraction of sp³-hybridized carbons (Fsp3) is 0.222. The molecule has 0 aliphatic heterocycles. The Hall–Kier alpha value is -2.74. The maximum Gasteiger partial charge on any atom is 0.418 e. The molecule has 0 heterocycles. The van der Waals surface area contributed by atoms with E-state index in [0.29, 0.717) is 0 Å². The van der Waals surface area contributed by atoms with Gasteiger partial charge in [-0.2, -0.15) is 13.2 Å². The Morgan fingerprint density at radius 2 is 1.74 bits per heavy atom. The highest BCUT2D eigenvalue weighted by Crippen LogP contribution is 2.38. The van der Waals surface area contributed by atoms with Crippen LogP contribution in [0.4, 0.5) is 24.5 Å². The third-order valence-corrected chi connectivity index (χ3v) is 3.85. The van der Waals surface area contributed by atoms with Gasteiger partial charge in [0.15, 0.2) is 6.61 Å². The van der Waals surface area contributed by atoms with Gasteiger partial charge in [-0.3, -0.25) is 4.79 Å². The monoisotopic (exact) mass is 400 g/mol. The lowest BCUT2D eigenvalue weighted by molar-refractivity contribution is -0.137. The van der Waals surface area contributed by atoms with Crippen molar-refractivity contribution >= 4 is 34.9 Å². The summed E-state index contributed by atoms with van der Waals surface area (Å²) < 4.78 is 43.9. The summed E-state index contributed by atoms with van der Waals surface area (Å²) >= 11 is 5.75. The number of halogens is 4. The zero-order valence-corrected chi connectivity index (χ0v) is 15.2. The predicted molar refractivity (Wildman–Crippen MR) is 96.1 cm³/mol. The molecule has 144 valence electrons. The van der Waals surface area contributed by atoms with Gasteiger partial charge < -0.3 is 15.0 Å². The number of benzene rings is 2. The van der Waals surface area contributed by atoms with Gasteiger partial charge in [0.1, 0.15) is 0 Å². The van der Waals surface area contributed by atoms with Gasteiger partial charge in [-0.05, 0) is 36.4 Å². The number of anilines is 2. The molecule has 0 unspecified atom stereocenters. The van der Waals surface area contributed by atoms with Crippen LogP contribution in [0.15, 0.2) is 42.5 Å². The smallest absolute Gasteiger partial charge is 0.418 e. The van der Waals surface area contributed by atoms with Gasteiger partial charge in [-0.15, -0.1) is 0 Å². The van der Waals surface area contributed by atoms with Crippen LogP contribution in [-0.2, 0) is 15.7 Å². The lowest BCUT2D eigenvalue weighted by atomic mass is 10.1. The number of hydrogen-bond donors (Lipinski definition) is 1. The SMILES string of the molecule is CN(C)c1ccc(C(=O)OCC(=O)Nc2c(Cl)cccc2C(F)(F)F)cc1. The summed E-state index contributed by atoms with van der Waals surface area (Å²) in [6.07, 6.45) is -4.70. The molecular weight excluding hydrogens is 385 g/mol. The molecule has 0 aliphatic rings. The summed E-state index contributed by atoms with van der Waals surface area (Å²) in [5.41, 5.74) is -0.596. The Labute approximate surface area is 158 Å². The molecule has 1 amide bonds. The minimum Gasteiger partial charge on any atom is -0.452 e. The van der Waals surface area contributed by atoms with Crippen molar-refractivity contribution < 1.29 is 27.5 Å². The average Bonchev–Trinajstić information content (AvgIpc) is 2.60. The Morgan fingerprint density at radius 1 is 1.11 bits per heavy atom. The van der Waals surface area contributed by atoms with Gasteiger partial charge in [0, 0.05) is 19.8 Å². The van der Waals surface area contributed by atoms with Crippen LogP contribution in [-0.4, -0.2) is 32.6 Å². The number of nitrogens with zero attached hydrogens (tertiary/aromatic N) is 1. The third-order valence-electron chi connectivity index (χ3n) is 3.54. The number of nitrogens with one attached hydrogen (secondary N) is 1. The molecule has 0 radical (unpaired) electrons. The maximum atomic E-state index is 13.0. The van der Waals surface area contributed by atoms with Gasteiger partial charge in [0.2, 0.25) is 0 Å². The van der Waals surface area contributed by atoms with E-state index in [2.05, 4.69) is 0 Å². The van der Waals surface area contributed by atoms with Crippen molar-refractivity contribution in [1.82, 2.24) is 0 Å². The molecule has 2 aromatic rings. The van der Waals surface area contributed by atoms with Crippen molar-refractivity contribution in [1.29, 1.82) is 0 Å². The molecule has 1 N–H and O–H groups in total. The van der Waals surface area contributed by atoms with Crippen molar-refractivity contribution in [3.05, 3.63) is 58.6 Å². The second-order valence-corrected chi connectivity index (χ2v) is 6.13. The number of alkyl halides is 3. The van der Waals surface area contributed by atoms with Crippen molar-refractivity contribution in [3.63, 3.8) is 0 Å². The fourth-order valence-electron chi connectivity index (χ4n) is 2.17. The van der Waals surface area contributed by atoms with Gasteiger partial charge in [0.25, 0.3) is 5.91 Å². The fourth-order valence-corrected chi connectivity index (χ4v) is 2.39. The largest absolute Gasteiger partial charge is 0.452 e. The lowest BCUT2D eigenvalue weighted by Gasteiger charge is -2.15. The standard InChI is InChI=1S/C18H16ClF3N2O3/c1-24(2)12-8-6-11(7-9-12)17(26)27-10-15(25)23-16-13(18(20,21)22)4-3-5-14(16)19/h3-9H,10H2,1-2H3,(H,23,25). The molecule has 2 rings (SSSR count). The van der Waals surface area contributed by atoms with E-state index in [4.69, 9.17) is 16.3 Å². The van der Waals surface area contributed by atoms with Crippen LogP contribution < -0.4 is 10.2 Å². The van der Waals surface area contributed by atoms with Crippen molar-refractivity contribution in [2.45, 2.75) is 6.18 Å². The first-order valence-corrected chi connectivity index (χ1v) is 8.07. The molecule has 5 nitrogen and oxygen atoms in total. The van der Waals surface area contributed by atoms with E-state index >= 15 is 0 Å². The molecule has 9 heteroatoms. The summed E-state index contributed by atoms with van der Waals surface area (Å²) in [6.45, 7) is -0.753. The highest BCUT2D eigenvalue weighted by molar-refractivity contribution is 6.34. The Balaban J connectivity index is 2.02. The summed E-state index contributed by atoms with van der Waals surface area (Å²) in [6, 6.07) is 9.55. The van der Waals surface area contributed by atoms with Crippen LogP contribution in [0.1, 0.15) is 15.9 Å². The molecule has 0 bridgehead atoms. The zero-order chi connectivity index (χ0) is 20.2. The van der Waals surface area contributed by atoms with Gasteiger partial charge in [-0.1, -0.05) is 17.7 Å². The molecule has 0 aliphatic carbocycles. The summed E-state index contributed by atoms with van der Waals surface area (Å²) in [5, 5.41) is 1.77. The summed E-state index contributed by atoms with van der Waals surface area (Å²) in [5.74, 6) is -1.71. The first-order valence-electron chi connectivity index (χ1n) is 7.69. The van der Waals surface area contributed by atoms with Crippen LogP contribution >= 0.6 is 11.6 Å². The van der Waals surface area contributed by atoms with Crippen LogP contribution in [0.25, 0.3) is 0 Å². The highest BCUT2D eigenvalue weighted by atomic mass is 35.5. The van der Waals surface area contributed by atoms with Crippen LogP contribution in [0.5, 0.6) is 0 Å². The second kappa shape index (κ2) is 8.30. The predicted octanol–water partition coefficient (Wildman–Crippen LogP) is 4.22. The van der Waals surface area contributed by atoms with Crippen molar-refractivity contribution in [3.8, 4) is 0 Å². The Bertz CT molecular complexity index is 837. The van der Waals surface area contributed by atoms with Crippen LogP contribution in [0, 0.1) is 0 Å². The minimum atomic E-state index is -4.70. The number of amides is 1. The Kier molecular flexibility index (Phi) is 6.32. The summed E-state index contributed by atoms with van der Waals surface area (Å²) in [7, 11) is 3.67. The van der Waals surface area contributed by atoms with E-state index in [0.717, 1.165) is 17.8 Å². The quantitative estimate of drug-likeness (QED) is 0.763. The molecule has 0 aromatic heterocycles. The zero-order valence-electron chi connectivity index (χ0n) is 14.4. The second-order valence-electron chi connectivity index (χ2n) is 5.73. The third kappa shape index (κ3) is 5.37. The van der Waals surface area contributed by atoms with E-state index in [1.165, 1.54) is 18.2 Å². The van der Waals surface area contributed by atoms with E-state index < -0.39 is 35.9 Å². The lowest BCUT2D eigenvalue weighted by Crippen LogP contribution is -2.23. The van der Waals surface area contributed by atoms with E-state index in [9.17, 15) is 22.8 Å². The van der Waals surface area contributed by atoms with Crippen LogP contribution in [0.3, 0.4) is 0 Å². The number of ether oxygens (including phenoxy) is 1.